The zero-order valence-electron chi connectivity index (χ0n) is 10.6. The molecule has 2 amide bonds. The minimum atomic E-state index is -0.700. The lowest BCUT2D eigenvalue weighted by Gasteiger charge is -2.06. The van der Waals surface area contributed by atoms with Crippen LogP contribution >= 0.6 is 0 Å². The lowest BCUT2D eigenvalue weighted by atomic mass is 10.3. The fourth-order valence-electron chi connectivity index (χ4n) is 0.909. The quantitative estimate of drug-likeness (QED) is 0.342. The molecule has 0 aromatic carbocycles. The third-order valence-electron chi connectivity index (χ3n) is 1.74. The highest BCUT2D eigenvalue weighted by Crippen LogP contribution is 1.92. The van der Waals surface area contributed by atoms with Crippen LogP contribution in [0, 0.1) is 0 Å². The zero-order valence-corrected chi connectivity index (χ0v) is 10.6. The van der Waals surface area contributed by atoms with Gasteiger partial charge in [-0.2, -0.15) is 9.98 Å². The first-order valence-corrected chi connectivity index (χ1v) is 5.59. The van der Waals surface area contributed by atoms with Crippen molar-refractivity contribution in [1.82, 2.24) is 10.6 Å². The van der Waals surface area contributed by atoms with Crippen LogP contribution in [0.4, 0.5) is 9.59 Å². The molecule has 0 saturated heterocycles. The summed E-state index contributed by atoms with van der Waals surface area (Å²) < 4.78 is 9.44. The molecular weight excluding hydrogens is 272 g/mol. The summed E-state index contributed by atoms with van der Waals surface area (Å²) in [4.78, 5) is 47.5. The average molecular weight is 286 g/mol. The van der Waals surface area contributed by atoms with Gasteiger partial charge in [0, 0.05) is 0 Å². The molecule has 2 N–H and O–H groups in total. The molecule has 10 nitrogen and oxygen atoms in total. The van der Waals surface area contributed by atoms with Crippen LogP contribution in [0.3, 0.4) is 0 Å². The Morgan fingerprint density at radius 2 is 1.25 bits per heavy atom. The Morgan fingerprint density at radius 1 is 0.850 bits per heavy atom. The van der Waals surface area contributed by atoms with E-state index in [0.29, 0.717) is 12.8 Å². The van der Waals surface area contributed by atoms with E-state index < -0.39 is 12.2 Å². The van der Waals surface area contributed by atoms with Crippen LogP contribution in [0.2, 0.25) is 0 Å². The summed E-state index contributed by atoms with van der Waals surface area (Å²) in [5.41, 5.74) is 0. The van der Waals surface area contributed by atoms with Gasteiger partial charge >= 0.3 is 12.2 Å². The Morgan fingerprint density at radius 3 is 1.60 bits per heavy atom. The predicted octanol–water partition coefficient (Wildman–Crippen LogP) is -0.194. The topological polar surface area (TPSA) is 136 Å². The van der Waals surface area contributed by atoms with E-state index in [2.05, 4.69) is 20.6 Å². The van der Waals surface area contributed by atoms with Crippen LogP contribution in [-0.2, 0) is 19.1 Å². The summed E-state index contributed by atoms with van der Waals surface area (Å²) in [7, 11) is 0. The molecule has 0 heterocycles. The van der Waals surface area contributed by atoms with E-state index in [9.17, 15) is 19.2 Å². The number of nitrogens with zero attached hydrogens (tertiary/aromatic N) is 2. The number of amides is 2. The van der Waals surface area contributed by atoms with E-state index in [-0.39, 0.29) is 26.6 Å². The van der Waals surface area contributed by atoms with E-state index in [1.54, 1.807) is 0 Å². The molecule has 0 spiro atoms. The van der Waals surface area contributed by atoms with Gasteiger partial charge in [0.15, 0.2) is 0 Å². The first kappa shape index (κ1) is 17.3. The summed E-state index contributed by atoms with van der Waals surface area (Å²) >= 11 is 0. The maximum absolute atomic E-state index is 10.9. The van der Waals surface area contributed by atoms with Crippen LogP contribution in [-0.4, -0.2) is 50.9 Å². The van der Waals surface area contributed by atoms with E-state index in [1.807, 2.05) is 0 Å². The molecule has 110 valence electrons. The summed E-state index contributed by atoms with van der Waals surface area (Å²) in [6.07, 6.45) is 2.10. The average Bonchev–Trinajstić information content (AvgIpc) is 2.43. The molecule has 0 aliphatic carbocycles. The molecule has 0 unspecified atom stereocenters. The minimum Gasteiger partial charge on any atom is -0.450 e. The number of nitrogens with one attached hydrogen (secondary N) is 2. The van der Waals surface area contributed by atoms with Gasteiger partial charge in [0.05, 0.1) is 13.2 Å². The molecular formula is C10H14N4O6. The largest absolute Gasteiger partial charge is 0.450 e. The van der Waals surface area contributed by atoms with Crippen molar-refractivity contribution in [2.45, 2.75) is 12.8 Å². The molecule has 0 aromatic rings. The number of carbonyl (C=O) groups is 2. The third kappa shape index (κ3) is 11.8. The number of hydrogen-bond donors (Lipinski definition) is 2. The van der Waals surface area contributed by atoms with Crippen LogP contribution in [0.1, 0.15) is 12.8 Å². The summed E-state index contributed by atoms with van der Waals surface area (Å²) in [5.74, 6) is 0. The monoisotopic (exact) mass is 286 g/mol. The second kappa shape index (κ2) is 12.7. The number of unbranched alkanes of at least 4 members (excludes halogenated alkanes) is 1. The summed E-state index contributed by atoms with van der Waals surface area (Å²) in [5, 5.41) is 4.39. The highest BCUT2D eigenvalue weighted by Gasteiger charge is 2.01. The molecule has 0 rings (SSSR count). The van der Waals surface area contributed by atoms with Gasteiger partial charge in [-0.25, -0.2) is 19.2 Å². The van der Waals surface area contributed by atoms with Crippen LogP contribution < -0.4 is 10.6 Å². The van der Waals surface area contributed by atoms with Crippen molar-refractivity contribution in [1.29, 1.82) is 0 Å². The molecule has 0 aliphatic heterocycles. The molecule has 0 aliphatic rings. The molecule has 10 heteroatoms. The molecule has 0 aromatic heterocycles. The van der Waals surface area contributed by atoms with Crippen molar-refractivity contribution in [2.24, 2.45) is 9.98 Å². The van der Waals surface area contributed by atoms with Gasteiger partial charge < -0.3 is 20.1 Å². The number of hydrogen-bond acceptors (Lipinski definition) is 8. The zero-order chi connectivity index (χ0) is 15.1. The van der Waals surface area contributed by atoms with Crippen LogP contribution in [0.5, 0.6) is 0 Å². The molecule has 0 fully saturated rings. The van der Waals surface area contributed by atoms with Gasteiger partial charge in [-0.3, -0.25) is 0 Å². The summed E-state index contributed by atoms with van der Waals surface area (Å²) in [6, 6.07) is 0. The molecule has 0 radical (unpaired) electrons. The molecule has 0 atom stereocenters. The number of rotatable bonds is 9. The lowest BCUT2D eigenvalue weighted by Crippen LogP contribution is -2.25. The van der Waals surface area contributed by atoms with Gasteiger partial charge in [0.25, 0.3) is 0 Å². The Labute approximate surface area is 114 Å². The Bertz CT molecular complexity index is 363. The summed E-state index contributed by atoms with van der Waals surface area (Å²) in [6.45, 7) is -0.0993. The highest BCUT2D eigenvalue weighted by molar-refractivity contribution is 5.67. The van der Waals surface area contributed by atoms with Crippen molar-refractivity contribution in [2.75, 3.05) is 26.6 Å². The smallest absolute Gasteiger partial charge is 0.408 e. The first-order chi connectivity index (χ1) is 9.70. The van der Waals surface area contributed by atoms with Gasteiger partial charge in [-0.05, 0) is 12.8 Å². The van der Waals surface area contributed by atoms with Crippen LogP contribution in [0.15, 0.2) is 9.98 Å². The fraction of sp³-hybridized carbons (Fsp3) is 0.600. The molecule has 20 heavy (non-hydrogen) atoms. The van der Waals surface area contributed by atoms with E-state index in [1.165, 1.54) is 12.2 Å². The number of ether oxygens (including phenoxy) is 2. The predicted molar refractivity (Wildman–Crippen MR) is 64.2 cm³/mol. The first-order valence-electron chi connectivity index (χ1n) is 5.59. The maximum Gasteiger partial charge on any atom is 0.408 e. The van der Waals surface area contributed by atoms with E-state index >= 15 is 0 Å². The van der Waals surface area contributed by atoms with Crippen LogP contribution in [0.25, 0.3) is 0 Å². The van der Waals surface area contributed by atoms with Crippen molar-refractivity contribution in [3.8, 4) is 0 Å². The van der Waals surface area contributed by atoms with E-state index in [0.717, 1.165) is 0 Å². The van der Waals surface area contributed by atoms with Crippen molar-refractivity contribution in [3.05, 3.63) is 0 Å². The minimum absolute atomic E-state index is 0.136. The van der Waals surface area contributed by atoms with Gasteiger partial charge in [-0.15, -0.1) is 0 Å². The standard InChI is InChI=1S/C10H14N4O6/c15-7-11-5-13-9(17)19-3-1-2-4-20-10(18)14-6-12-8-16/h1-6H2,(H,13,17)(H,14,18). The Kier molecular flexibility index (Phi) is 11.0. The number of aliphatic imine (C=N–C) groups is 2. The Balaban J connectivity index is 3.39. The molecule has 0 saturated carbocycles. The van der Waals surface area contributed by atoms with Crippen molar-refractivity contribution in [3.63, 3.8) is 0 Å². The van der Waals surface area contributed by atoms with Gasteiger partial charge in [0.1, 0.15) is 13.3 Å². The molecule has 0 bridgehead atoms. The number of carbonyl (C=O) groups excluding carboxylic acids is 4. The SMILES string of the molecule is O=C=NCNC(=O)OCCCCOC(=O)NCN=C=O. The van der Waals surface area contributed by atoms with Crippen molar-refractivity contribution < 1.29 is 28.7 Å². The Hall–Kier alpha value is -2.70. The van der Waals surface area contributed by atoms with Gasteiger partial charge in [-0.1, -0.05) is 0 Å². The number of isocyanates is 2. The lowest BCUT2D eigenvalue weighted by molar-refractivity contribution is 0.129. The second-order valence-electron chi connectivity index (χ2n) is 3.15. The van der Waals surface area contributed by atoms with E-state index in [4.69, 9.17) is 9.47 Å². The van der Waals surface area contributed by atoms with Crippen molar-refractivity contribution >= 4 is 24.3 Å². The normalized spacial score (nSPS) is 8.60. The highest BCUT2D eigenvalue weighted by atomic mass is 16.6. The maximum atomic E-state index is 10.9. The number of alkyl carbamates (subject to hydrolysis) is 2. The second-order valence-corrected chi connectivity index (χ2v) is 3.15. The third-order valence-corrected chi connectivity index (χ3v) is 1.74. The fourth-order valence-corrected chi connectivity index (χ4v) is 0.909. The van der Waals surface area contributed by atoms with Gasteiger partial charge in [0.2, 0.25) is 12.2 Å².